The van der Waals surface area contributed by atoms with Crippen molar-refractivity contribution in [1.29, 1.82) is 0 Å². The molecule has 0 radical (unpaired) electrons. The fraction of sp³-hybridized carbons (Fsp3) is 0.150. The van der Waals surface area contributed by atoms with Crippen molar-refractivity contribution in [3.63, 3.8) is 0 Å². The fourth-order valence-corrected chi connectivity index (χ4v) is 2.94. The van der Waals surface area contributed by atoms with Crippen molar-refractivity contribution in [3.8, 4) is 0 Å². The monoisotopic (exact) mass is 381 g/mol. The molecule has 6 nitrogen and oxygen atoms in total. The SMILES string of the molecule is COC(=O)c1ccc(NC(=S)N(C)Cc2cc(=O)[nH]c3ccccc23)cc1. The maximum atomic E-state index is 11.9. The molecular weight excluding hydrogens is 362 g/mol. The zero-order valence-corrected chi connectivity index (χ0v) is 15.8. The lowest BCUT2D eigenvalue weighted by Gasteiger charge is -2.22. The van der Waals surface area contributed by atoms with Gasteiger partial charge in [-0.05, 0) is 48.1 Å². The van der Waals surface area contributed by atoms with Gasteiger partial charge in [-0.25, -0.2) is 4.79 Å². The van der Waals surface area contributed by atoms with Crippen LogP contribution in [0.1, 0.15) is 15.9 Å². The quantitative estimate of drug-likeness (QED) is 0.534. The molecule has 2 N–H and O–H groups in total. The number of benzene rings is 2. The normalized spacial score (nSPS) is 10.4. The molecule has 0 aliphatic heterocycles. The van der Waals surface area contributed by atoms with E-state index in [9.17, 15) is 9.59 Å². The Balaban J connectivity index is 1.73. The van der Waals surface area contributed by atoms with Gasteiger partial charge in [-0.2, -0.15) is 0 Å². The first-order valence-electron chi connectivity index (χ1n) is 8.29. The van der Waals surface area contributed by atoms with Crippen molar-refractivity contribution in [3.05, 3.63) is 76.1 Å². The minimum Gasteiger partial charge on any atom is -0.465 e. The van der Waals surface area contributed by atoms with Gasteiger partial charge in [-0.15, -0.1) is 0 Å². The molecule has 0 aliphatic rings. The average Bonchev–Trinajstić information content (AvgIpc) is 2.67. The van der Waals surface area contributed by atoms with E-state index < -0.39 is 0 Å². The van der Waals surface area contributed by atoms with Crippen molar-refractivity contribution in [2.45, 2.75) is 6.54 Å². The molecule has 0 fully saturated rings. The lowest BCUT2D eigenvalue weighted by molar-refractivity contribution is 0.0601. The maximum Gasteiger partial charge on any atom is 0.337 e. The highest BCUT2D eigenvalue weighted by molar-refractivity contribution is 7.80. The predicted molar refractivity (Wildman–Crippen MR) is 110 cm³/mol. The van der Waals surface area contributed by atoms with Crippen LogP contribution in [0.15, 0.2) is 59.4 Å². The number of para-hydroxylation sites is 1. The van der Waals surface area contributed by atoms with Crippen LogP contribution in [0, 0.1) is 0 Å². The predicted octanol–water partition coefficient (Wildman–Crippen LogP) is 3.14. The molecule has 7 heteroatoms. The minimum atomic E-state index is -0.387. The highest BCUT2D eigenvalue weighted by Crippen LogP contribution is 2.17. The van der Waals surface area contributed by atoms with Crippen LogP contribution in [-0.2, 0) is 11.3 Å². The van der Waals surface area contributed by atoms with Gasteiger partial charge in [-0.1, -0.05) is 18.2 Å². The number of aromatic nitrogens is 1. The molecule has 2 aromatic carbocycles. The van der Waals surface area contributed by atoms with Gasteiger partial charge in [0.25, 0.3) is 0 Å². The Bertz CT molecular complexity index is 1040. The van der Waals surface area contributed by atoms with Crippen molar-refractivity contribution in [1.82, 2.24) is 9.88 Å². The number of pyridine rings is 1. The van der Waals surface area contributed by atoms with E-state index in [0.29, 0.717) is 17.2 Å². The molecule has 27 heavy (non-hydrogen) atoms. The molecule has 3 rings (SSSR count). The third-order valence-electron chi connectivity index (χ3n) is 4.15. The van der Waals surface area contributed by atoms with Crippen molar-refractivity contribution >= 4 is 39.9 Å². The van der Waals surface area contributed by atoms with Gasteiger partial charge in [0.05, 0.1) is 12.7 Å². The number of carbonyl (C=O) groups excluding carboxylic acids is 1. The van der Waals surface area contributed by atoms with E-state index in [-0.39, 0.29) is 11.5 Å². The number of esters is 1. The summed E-state index contributed by atoms with van der Waals surface area (Å²) in [5.41, 5.74) is 2.77. The molecule has 1 heterocycles. The molecule has 0 saturated heterocycles. The van der Waals surface area contributed by atoms with E-state index in [4.69, 9.17) is 12.2 Å². The number of ether oxygens (including phenoxy) is 1. The van der Waals surface area contributed by atoms with Gasteiger partial charge in [-0.3, -0.25) is 4.79 Å². The Morgan fingerprint density at radius 2 is 1.89 bits per heavy atom. The standard InChI is InChI=1S/C20H19N3O3S/c1-23(12-14-11-18(24)22-17-6-4-3-5-16(14)17)20(27)21-15-9-7-13(8-10-15)19(25)26-2/h3-11H,12H2,1-2H3,(H,21,27)(H,22,24). The molecule has 0 unspecified atom stereocenters. The molecule has 0 atom stereocenters. The summed E-state index contributed by atoms with van der Waals surface area (Å²) in [6.07, 6.45) is 0. The Morgan fingerprint density at radius 3 is 2.59 bits per heavy atom. The van der Waals surface area contributed by atoms with Crippen LogP contribution in [0.5, 0.6) is 0 Å². The van der Waals surface area contributed by atoms with Gasteiger partial charge in [0.2, 0.25) is 5.56 Å². The van der Waals surface area contributed by atoms with Crippen LogP contribution >= 0.6 is 12.2 Å². The first kappa shape index (κ1) is 18.6. The molecule has 0 amide bonds. The molecular formula is C20H19N3O3S. The van der Waals surface area contributed by atoms with Crippen molar-refractivity contribution < 1.29 is 9.53 Å². The van der Waals surface area contributed by atoms with Gasteiger partial charge in [0.1, 0.15) is 0 Å². The molecule has 0 saturated carbocycles. The van der Waals surface area contributed by atoms with Crippen LogP contribution < -0.4 is 10.9 Å². The lowest BCUT2D eigenvalue weighted by Crippen LogP contribution is -2.31. The molecule has 1 aromatic heterocycles. The number of fused-ring (bicyclic) bond motifs is 1. The van der Waals surface area contributed by atoms with Crippen LogP contribution in [0.25, 0.3) is 10.9 Å². The zero-order valence-electron chi connectivity index (χ0n) is 15.0. The number of hydrogen-bond acceptors (Lipinski definition) is 4. The summed E-state index contributed by atoms with van der Waals surface area (Å²) in [5, 5.41) is 4.61. The number of rotatable bonds is 4. The number of thiocarbonyl (C=S) groups is 1. The van der Waals surface area contributed by atoms with Gasteiger partial charge < -0.3 is 19.9 Å². The maximum absolute atomic E-state index is 11.9. The molecule has 0 bridgehead atoms. The lowest BCUT2D eigenvalue weighted by atomic mass is 10.1. The summed E-state index contributed by atoms with van der Waals surface area (Å²) in [5.74, 6) is -0.387. The van der Waals surface area contributed by atoms with Gasteiger partial charge in [0.15, 0.2) is 5.11 Å². The van der Waals surface area contributed by atoms with E-state index in [1.54, 1.807) is 30.3 Å². The number of hydrogen-bond donors (Lipinski definition) is 2. The molecule has 0 spiro atoms. The zero-order chi connectivity index (χ0) is 19.4. The third-order valence-corrected chi connectivity index (χ3v) is 4.56. The number of carbonyl (C=O) groups is 1. The second-order valence-corrected chi connectivity index (χ2v) is 6.45. The first-order chi connectivity index (χ1) is 13.0. The summed E-state index contributed by atoms with van der Waals surface area (Å²) in [6, 6.07) is 16.1. The van der Waals surface area contributed by atoms with E-state index in [2.05, 4.69) is 15.0 Å². The Morgan fingerprint density at radius 1 is 1.19 bits per heavy atom. The van der Waals surface area contributed by atoms with Gasteiger partial charge >= 0.3 is 5.97 Å². The van der Waals surface area contributed by atoms with Crippen molar-refractivity contribution in [2.24, 2.45) is 0 Å². The minimum absolute atomic E-state index is 0.144. The fourth-order valence-electron chi connectivity index (χ4n) is 2.76. The Hall–Kier alpha value is -3.19. The second kappa shape index (κ2) is 8.01. The number of anilines is 1. The number of aromatic amines is 1. The topological polar surface area (TPSA) is 74.4 Å². The van der Waals surface area contributed by atoms with E-state index in [1.165, 1.54) is 7.11 Å². The van der Waals surface area contributed by atoms with Gasteiger partial charge in [0, 0.05) is 36.2 Å². The number of nitrogens with one attached hydrogen (secondary N) is 2. The summed E-state index contributed by atoms with van der Waals surface area (Å²) < 4.78 is 4.69. The Kier molecular flexibility index (Phi) is 5.52. The Labute approximate surface area is 161 Å². The highest BCUT2D eigenvalue weighted by Gasteiger charge is 2.10. The molecule has 3 aromatic rings. The second-order valence-electron chi connectivity index (χ2n) is 6.06. The number of methoxy groups -OCH3 is 1. The smallest absolute Gasteiger partial charge is 0.337 e. The van der Waals surface area contributed by atoms with E-state index in [0.717, 1.165) is 22.2 Å². The summed E-state index contributed by atoms with van der Waals surface area (Å²) in [6.45, 7) is 0.483. The van der Waals surface area contributed by atoms with Crippen LogP contribution in [0.4, 0.5) is 5.69 Å². The number of H-pyrrole nitrogens is 1. The van der Waals surface area contributed by atoms with E-state index in [1.807, 2.05) is 36.2 Å². The van der Waals surface area contributed by atoms with Crippen LogP contribution in [0.2, 0.25) is 0 Å². The summed E-state index contributed by atoms with van der Waals surface area (Å²) >= 11 is 5.46. The summed E-state index contributed by atoms with van der Waals surface area (Å²) in [4.78, 5) is 28.1. The average molecular weight is 381 g/mol. The molecule has 0 aliphatic carbocycles. The first-order valence-corrected chi connectivity index (χ1v) is 8.70. The molecule has 138 valence electrons. The third kappa shape index (κ3) is 4.32. The summed E-state index contributed by atoms with van der Waals surface area (Å²) in [7, 11) is 3.20. The van der Waals surface area contributed by atoms with Crippen LogP contribution in [-0.4, -0.2) is 35.1 Å². The van der Waals surface area contributed by atoms with Crippen LogP contribution in [0.3, 0.4) is 0 Å². The van der Waals surface area contributed by atoms with E-state index >= 15 is 0 Å². The number of nitrogens with zero attached hydrogens (tertiary/aromatic N) is 1. The largest absolute Gasteiger partial charge is 0.465 e. The van der Waals surface area contributed by atoms with Crippen molar-refractivity contribution in [2.75, 3.05) is 19.5 Å². The highest BCUT2D eigenvalue weighted by atomic mass is 32.1.